The molecule has 0 radical (unpaired) electrons. The molecule has 0 saturated carbocycles. The van der Waals surface area contributed by atoms with Crippen LogP contribution in [0.1, 0.15) is 28.8 Å². The van der Waals surface area contributed by atoms with Crippen molar-refractivity contribution in [3.8, 4) is 0 Å². The lowest BCUT2D eigenvalue weighted by atomic mass is 9.72. The fourth-order valence-electron chi connectivity index (χ4n) is 4.45. The highest BCUT2D eigenvalue weighted by Gasteiger charge is 2.47. The molecule has 166 valence electrons. The number of nitrogens with one attached hydrogen (secondary N) is 2. The zero-order valence-electron chi connectivity index (χ0n) is 17.2. The summed E-state index contributed by atoms with van der Waals surface area (Å²) in [5.74, 6) is -0.538. The third-order valence-electron chi connectivity index (χ3n) is 6.38. The Morgan fingerprint density at radius 3 is 2.69 bits per heavy atom. The van der Waals surface area contributed by atoms with Crippen LogP contribution in [0.2, 0.25) is 5.02 Å². The highest BCUT2D eigenvalue weighted by atomic mass is 35.5. The van der Waals surface area contributed by atoms with E-state index < -0.39 is 11.9 Å². The van der Waals surface area contributed by atoms with Crippen molar-refractivity contribution < 1.29 is 23.8 Å². The van der Waals surface area contributed by atoms with Crippen LogP contribution < -0.4 is 5.10 Å². The van der Waals surface area contributed by atoms with E-state index in [2.05, 4.69) is 15.4 Å². The molecule has 3 heterocycles. The molecule has 2 fully saturated rings. The maximum Gasteiger partial charge on any atom is 0.410 e. The molecule has 2 aliphatic heterocycles. The summed E-state index contributed by atoms with van der Waals surface area (Å²) in [4.78, 5) is 28.7. The van der Waals surface area contributed by atoms with Crippen LogP contribution in [0.25, 0.3) is 11.0 Å². The smallest absolute Gasteiger partial charge is 0.410 e. The number of nitrogens with zero attached hydrogens (tertiary/aromatic N) is 3. The lowest BCUT2D eigenvalue weighted by Crippen LogP contribution is -2.62. The number of amides is 2. The molecule has 5 rings (SSSR count). The first-order valence-electron chi connectivity index (χ1n) is 10.4. The predicted molar refractivity (Wildman–Crippen MR) is 113 cm³/mol. The van der Waals surface area contributed by atoms with Crippen molar-refractivity contribution in [3.05, 3.63) is 58.4 Å². The van der Waals surface area contributed by atoms with Gasteiger partial charge >= 0.3 is 6.09 Å². The Bertz CT molecular complexity index is 1180. The number of benzene rings is 2. The highest BCUT2D eigenvalue weighted by Crippen LogP contribution is 2.41. The third kappa shape index (κ3) is 3.88. The van der Waals surface area contributed by atoms with E-state index in [9.17, 15) is 14.0 Å². The van der Waals surface area contributed by atoms with E-state index in [-0.39, 0.29) is 23.0 Å². The van der Waals surface area contributed by atoms with E-state index >= 15 is 0 Å². The van der Waals surface area contributed by atoms with Crippen molar-refractivity contribution in [1.82, 2.24) is 20.1 Å². The van der Waals surface area contributed by atoms with Gasteiger partial charge in [-0.15, -0.1) is 0 Å². The fourth-order valence-corrected chi connectivity index (χ4v) is 4.56. The van der Waals surface area contributed by atoms with Gasteiger partial charge in [-0.2, -0.15) is 5.10 Å². The summed E-state index contributed by atoms with van der Waals surface area (Å²) in [5.41, 5.74) is 2.79. The van der Waals surface area contributed by atoms with Crippen molar-refractivity contribution in [2.24, 2.45) is 5.41 Å². The number of carbonyl (C=O) groups excluding carboxylic acids is 2. The minimum atomic E-state index is -0.535. The highest BCUT2D eigenvalue weighted by molar-refractivity contribution is 6.30. The van der Waals surface area contributed by atoms with Crippen LogP contribution in [0.5, 0.6) is 0 Å². The third-order valence-corrected chi connectivity index (χ3v) is 6.69. The summed E-state index contributed by atoms with van der Waals surface area (Å²) in [5, 5.41) is 9.71. The molecular formula is C22H22ClFN5O3+. The van der Waals surface area contributed by atoms with Crippen LogP contribution in [0, 0.1) is 11.2 Å². The lowest BCUT2D eigenvalue weighted by Gasteiger charge is -2.53. The number of aromatic amines is 2. The van der Waals surface area contributed by atoms with Crippen LogP contribution in [0.4, 0.5) is 9.18 Å². The van der Waals surface area contributed by atoms with Gasteiger partial charge < -0.3 is 14.5 Å². The molecule has 8 nitrogen and oxygen atoms in total. The Labute approximate surface area is 188 Å². The number of fused-ring (bicyclic) bond motifs is 1. The maximum absolute atomic E-state index is 13.5. The Hall–Kier alpha value is -3.20. The van der Waals surface area contributed by atoms with E-state index in [4.69, 9.17) is 16.3 Å². The summed E-state index contributed by atoms with van der Waals surface area (Å²) < 4.78 is 18.9. The van der Waals surface area contributed by atoms with Gasteiger partial charge in [-0.3, -0.25) is 4.79 Å². The first-order valence-corrected chi connectivity index (χ1v) is 10.8. The van der Waals surface area contributed by atoms with E-state index in [1.165, 1.54) is 12.1 Å². The first kappa shape index (κ1) is 20.7. The molecule has 0 unspecified atom stereocenters. The number of halogens is 2. The molecule has 2 aliphatic rings. The molecule has 2 saturated heterocycles. The molecule has 0 aliphatic carbocycles. The minimum Gasteiger partial charge on any atom is -0.445 e. The molecule has 2 amide bonds. The molecule has 3 aromatic rings. The van der Waals surface area contributed by atoms with Crippen LogP contribution in [0.3, 0.4) is 0 Å². The number of likely N-dealkylation sites (tertiary alicyclic amines) is 2. The number of hydrogen-bond acceptors (Lipinski definition) is 4. The zero-order valence-corrected chi connectivity index (χ0v) is 18.0. The number of ether oxygens (including phenoxy) is 1. The van der Waals surface area contributed by atoms with Gasteiger partial charge in [0.15, 0.2) is 5.52 Å². The lowest BCUT2D eigenvalue weighted by molar-refractivity contribution is -0.427. The van der Waals surface area contributed by atoms with Crippen molar-refractivity contribution in [3.63, 3.8) is 0 Å². The summed E-state index contributed by atoms with van der Waals surface area (Å²) in [6.45, 7) is 2.51. The minimum absolute atomic E-state index is 0.00226. The Kier molecular flexibility index (Phi) is 5.21. The normalized spacial score (nSPS) is 17.4. The van der Waals surface area contributed by atoms with Crippen LogP contribution in [-0.4, -0.2) is 58.3 Å². The SMILES string of the molecule is O=C(OCc1ccc(Cl)c(F)c1)N1CCC2(CC1)CN(C(=O)c1ccc3[nH+][nH]nc3c1)C2. The predicted octanol–water partition coefficient (Wildman–Crippen LogP) is 3.04. The average Bonchev–Trinajstić information content (AvgIpc) is 3.25. The van der Waals surface area contributed by atoms with Gasteiger partial charge in [0.2, 0.25) is 5.52 Å². The summed E-state index contributed by atoms with van der Waals surface area (Å²) >= 11 is 5.67. The largest absolute Gasteiger partial charge is 0.445 e. The number of carbonyl (C=O) groups is 2. The quantitative estimate of drug-likeness (QED) is 0.653. The van der Waals surface area contributed by atoms with Gasteiger partial charge in [-0.05, 0) is 42.7 Å². The van der Waals surface area contributed by atoms with E-state index in [0.29, 0.717) is 37.3 Å². The van der Waals surface area contributed by atoms with E-state index in [0.717, 1.165) is 23.9 Å². The number of rotatable bonds is 3. The Morgan fingerprint density at radius 2 is 1.94 bits per heavy atom. The first-order chi connectivity index (χ1) is 15.4. The molecular weight excluding hydrogens is 437 g/mol. The molecule has 0 bridgehead atoms. The van der Waals surface area contributed by atoms with Crippen LogP contribution in [0.15, 0.2) is 36.4 Å². The summed E-state index contributed by atoms with van der Waals surface area (Å²) in [6.07, 6.45) is 1.22. The topological polar surface area (TPSA) is 92.7 Å². The second-order valence-electron chi connectivity index (χ2n) is 8.53. The zero-order chi connectivity index (χ0) is 22.3. The number of hydrogen-bond donors (Lipinski definition) is 1. The molecule has 0 atom stereocenters. The molecule has 32 heavy (non-hydrogen) atoms. The summed E-state index contributed by atoms with van der Waals surface area (Å²) in [6, 6.07) is 9.76. The standard InChI is InChI=1S/C22H21ClFN5O3/c23-16-3-1-14(9-17(16)24)11-32-21(31)28-7-5-22(6-8-28)12-29(13-22)20(30)15-2-4-18-19(10-15)26-27-25-18/h1-4,9-10H,5-8,11-13H2,(H,25,26,27)/p+1. The van der Waals surface area contributed by atoms with Crippen molar-refractivity contribution in [1.29, 1.82) is 0 Å². The number of H-pyrrole nitrogens is 2. The van der Waals surface area contributed by atoms with Gasteiger partial charge in [0.1, 0.15) is 12.4 Å². The van der Waals surface area contributed by atoms with Crippen molar-refractivity contribution in [2.75, 3.05) is 26.2 Å². The fraction of sp³-hybridized carbons (Fsp3) is 0.364. The van der Waals surface area contributed by atoms with E-state index in [1.807, 2.05) is 11.0 Å². The molecule has 1 aromatic heterocycles. The summed E-state index contributed by atoms with van der Waals surface area (Å²) in [7, 11) is 0. The van der Waals surface area contributed by atoms with Gasteiger partial charge in [0, 0.05) is 48.3 Å². The molecule has 2 aromatic carbocycles. The van der Waals surface area contributed by atoms with E-state index in [1.54, 1.807) is 23.1 Å². The maximum atomic E-state index is 13.5. The second-order valence-corrected chi connectivity index (χ2v) is 8.94. The van der Waals surface area contributed by atoms with Crippen molar-refractivity contribution >= 4 is 34.6 Å². The number of piperidine rings is 1. The second kappa shape index (κ2) is 8.05. The van der Waals surface area contributed by atoms with Gasteiger partial charge in [-0.25, -0.2) is 9.18 Å². The van der Waals surface area contributed by atoms with Gasteiger partial charge in [-0.1, -0.05) is 22.9 Å². The van der Waals surface area contributed by atoms with Crippen LogP contribution >= 0.6 is 11.6 Å². The molecule has 1 spiro atoms. The monoisotopic (exact) mass is 458 g/mol. The Balaban J connectivity index is 1.11. The molecule has 10 heteroatoms. The Morgan fingerprint density at radius 1 is 1.16 bits per heavy atom. The number of aromatic nitrogens is 3. The van der Waals surface area contributed by atoms with Crippen molar-refractivity contribution in [2.45, 2.75) is 19.4 Å². The molecule has 2 N–H and O–H groups in total. The van der Waals surface area contributed by atoms with Gasteiger partial charge in [0.05, 0.1) is 5.02 Å². The average molecular weight is 459 g/mol. The van der Waals surface area contributed by atoms with Crippen LogP contribution in [-0.2, 0) is 11.3 Å². The van der Waals surface area contributed by atoms with Gasteiger partial charge in [0.25, 0.3) is 5.91 Å².